The van der Waals surface area contributed by atoms with Crippen LogP contribution in [-0.4, -0.2) is 16.9 Å². The van der Waals surface area contributed by atoms with E-state index in [1.165, 1.54) is 12.1 Å². The van der Waals surface area contributed by atoms with Gasteiger partial charge in [-0.2, -0.15) is 0 Å². The molecular weight excluding hydrogens is 662 g/mol. The van der Waals surface area contributed by atoms with E-state index in [1.807, 2.05) is 26.8 Å². The quantitative estimate of drug-likeness (QED) is 0.168. The number of rotatable bonds is 10. The molecule has 4 aromatic rings. The SMILES string of the molecule is Cc1cccc(C(=O)c2cc(OCc3cc(F)cc(F)c3)c(C(C)C)cc2Oc2c(Br)cc(CC(=O)O)cc2Br)c1. The molecule has 0 aromatic heterocycles. The van der Waals surface area contributed by atoms with Gasteiger partial charge in [-0.15, -0.1) is 0 Å². The van der Waals surface area contributed by atoms with Gasteiger partial charge < -0.3 is 14.6 Å². The Morgan fingerprint density at radius 1 is 0.878 bits per heavy atom. The number of benzene rings is 4. The lowest BCUT2D eigenvalue weighted by atomic mass is 9.95. The molecular formula is C32H26Br2F2O5. The lowest BCUT2D eigenvalue weighted by molar-refractivity contribution is -0.136. The molecule has 0 aliphatic rings. The van der Waals surface area contributed by atoms with Gasteiger partial charge in [-0.05, 0) is 98.3 Å². The normalized spacial score (nSPS) is 11.0. The van der Waals surface area contributed by atoms with Crippen LogP contribution in [0.4, 0.5) is 8.78 Å². The van der Waals surface area contributed by atoms with Crippen LogP contribution in [0.15, 0.2) is 75.7 Å². The number of hydrogen-bond donors (Lipinski definition) is 1. The molecule has 9 heteroatoms. The van der Waals surface area contributed by atoms with Crippen molar-refractivity contribution in [2.75, 3.05) is 0 Å². The fourth-order valence-electron chi connectivity index (χ4n) is 4.31. The van der Waals surface area contributed by atoms with Crippen LogP contribution in [0.1, 0.15) is 57.9 Å². The average Bonchev–Trinajstić information content (AvgIpc) is 2.88. The smallest absolute Gasteiger partial charge is 0.307 e. The van der Waals surface area contributed by atoms with Crippen molar-refractivity contribution in [1.29, 1.82) is 0 Å². The monoisotopic (exact) mass is 686 g/mol. The van der Waals surface area contributed by atoms with Gasteiger partial charge in [-0.3, -0.25) is 9.59 Å². The summed E-state index contributed by atoms with van der Waals surface area (Å²) < 4.78 is 40.9. The molecule has 0 aliphatic carbocycles. The molecule has 0 spiro atoms. The lowest BCUT2D eigenvalue weighted by Gasteiger charge is -2.20. The van der Waals surface area contributed by atoms with Gasteiger partial charge in [0.1, 0.15) is 29.7 Å². The van der Waals surface area contributed by atoms with Crippen molar-refractivity contribution < 1.29 is 33.0 Å². The Balaban J connectivity index is 1.82. The van der Waals surface area contributed by atoms with E-state index in [9.17, 15) is 23.5 Å². The molecule has 0 fully saturated rings. The van der Waals surface area contributed by atoms with E-state index in [0.717, 1.165) is 11.6 Å². The minimum absolute atomic E-state index is 0.0652. The van der Waals surface area contributed by atoms with Crippen LogP contribution in [0.5, 0.6) is 17.2 Å². The number of carboxylic acids is 1. The molecule has 0 radical (unpaired) electrons. The Labute approximate surface area is 253 Å². The van der Waals surface area contributed by atoms with Crippen LogP contribution in [0.3, 0.4) is 0 Å². The molecule has 0 bridgehead atoms. The highest BCUT2D eigenvalue weighted by molar-refractivity contribution is 9.11. The van der Waals surface area contributed by atoms with Crippen molar-refractivity contribution in [2.24, 2.45) is 0 Å². The summed E-state index contributed by atoms with van der Waals surface area (Å²) >= 11 is 6.93. The molecule has 0 saturated heterocycles. The minimum atomic E-state index is -0.971. The standard InChI is InChI=1S/C32H26Br2F2O5/c1-17(2)24-14-29(41-32-26(33)10-19(11-27(32)34)12-30(37)38)25(31(39)21-6-4-5-18(3)7-21)15-28(24)40-16-20-8-22(35)13-23(36)9-20/h4-11,13-15,17H,12,16H2,1-3H3,(H,37,38). The van der Waals surface area contributed by atoms with Crippen LogP contribution in [-0.2, 0) is 17.8 Å². The van der Waals surface area contributed by atoms with E-state index >= 15 is 0 Å². The van der Waals surface area contributed by atoms with Gasteiger partial charge in [0.15, 0.2) is 11.5 Å². The van der Waals surface area contributed by atoms with E-state index < -0.39 is 17.6 Å². The first kappa shape index (κ1) is 30.4. The van der Waals surface area contributed by atoms with Gasteiger partial charge in [0.25, 0.3) is 0 Å². The van der Waals surface area contributed by atoms with Crippen LogP contribution in [0.25, 0.3) is 0 Å². The highest BCUT2D eigenvalue weighted by Gasteiger charge is 2.23. The maximum absolute atomic E-state index is 13.8. The van der Waals surface area contributed by atoms with Gasteiger partial charge in [0.2, 0.25) is 0 Å². The fourth-order valence-corrected chi connectivity index (χ4v) is 5.75. The second kappa shape index (κ2) is 13.0. The summed E-state index contributed by atoms with van der Waals surface area (Å²) in [6.07, 6.45) is -0.173. The fraction of sp³-hybridized carbons (Fsp3) is 0.188. The predicted molar refractivity (Wildman–Crippen MR) is 159 cm³/mol. The van der Waals surface area contributed by atoms with Crippen LogP contribution in [0, 0.1) is 18.6 Å². The maximum Gasteiger partial charge on any atom is 0.307 e. The Hall–Kier alpha value is -3.56. The topological polar surface area (TPSA) is 72.8 Å². The first-order valence-corrected chi connectivity index (χ1v) is 14.2. The zero-order chi connectivity index (χ0) is 29.8. The second-order valence-corrected chi connectivity index (χ2v) is 11.6. The van der Waals surface area contributed by atoms with Crippen molar-refractivity contribution in [3.63, 3.8) is 0 Å². The van der Waals surface area contributed by atoms with E-state index in [0.29, 0.717) is 42.7 Å². The van der Waals surface area contributed by atoms with Gasteiger partial charge >= 0.3 is 5.97 Å². The Morgan fingerprint density at radius 2 is 1.54 bits per heavy atom. The van der Waals surface area contributed by atoms with Crippen molar-refractivity contribution >= 4 is 43.6 Å². The summed E-state index contributed by atoms with van der Waals surface area (Å²) in [7, 11) is 0. The molecule has 4 rings (SSSR count). The molecule has 5 nitrogen and oxygen atoms in total. The number of ether oxygens (including phenoxy) is 2. The van der Waals surface area contributed by atoms with Crippen LogP contribution < -0.4 is 9.47 Å². The maximum atomic E-state index is 13.8. The Bertz CT molecular complexity index is 1590. The van der Waals surface area contributed by atoms with E-state index in [4.69, 9.17) is 9.47 Å². The third-order valence-corrected chi connectivity index (χ3v) is 7.38. The highest BCUT2D eigenvalue weighted by atomic mass is 79.9. The summed E-state index contributed by atoms with van der Waals surface area (Å²) in [5.41, 5.74) is 3.14. The van der Waals surface area contributed by atoms with Crippen molar-refractivity contribution in [2.45, 2.75) is 39.7 Å². The van der Waals surface area contributed by atoms with E-state index in [1.54, 1.807) is 42.5 Å². The molecule has 0 amide bonds. The summed E-state index contributed by atoms with van der Waals surface area (Å²) in [5.74, 6) is -1.77. The van der Waals surface area contributed by atoms with Crippen LogP contribution >= 0.6 is 31.9 Å². The van der Waals surface area contributed by atoms with Gasteiger partial charge in [0.05, 0.1) is 20.9 Å². The largest absolute Gasteiger partial charge is 0.489 e. The molecule has 0 atom stereocenters. The summed E-state index contributed by atoms with van der Waals surface area (Å²) in [5, 5.41) is 9.18. The first-order valence-electron chi connectivity index (χ1n) is 12.7. The number of carbonyl (C=O) groups is 2. The van der Waals surface area contributed by atoms with Crippen molar-refractivity contribution in [1.82, 2.24) is 0 Å². The zero-order valence-corrected chi connectivity index (χ0v) is 25.6. The van der Waals surface area contributed by atoms with Crippen molar-refractivity contribution in [3.8, 4) is 17.2 Å². The number of halogens is 4. The average molecular weight is 688 g/mol. The first-order chi connectivity index (χ1) is 19.4. The van der Waals surface area contributed by atoms with E-state index in [-0.39, 0.29) is 36.0 Å². The highest BCUT2D eigenvalue weighted by Crippen LogP contribution is 2.42. The van der Waals surface area contributed by atoms with E-state index in [2.05, 4.69) is 31.9 Å². The number of aryl methyl sites for hydroxylation is 1. The molecule has 4 aromatic carbocycles. The third-order valence-electron chi connectivity index (χ3n) is 6.20. The number of aliphatic carboxylic acids is 1. The summed E-state index contributed by atoms with van der Waals surface area (Å²) in [4.78, 5) is 25.0. The number of carbonyl (C=O) groups excluding carboxylic acids is 1. The predicted octanol–water partition coefficient (Wildman–Crippen LogP) is 9.15. The number of hydrogen-bond acceptors (Lipinski definition) is 4. The molecule has 0 unspecified atom stereocenters. The molecule has 41 heavy (non-hydrogen) atoms. The molecule has 1 N–H and O–H groups in total. The number of carboxylic acid groups (broad SMARTS) is 1. The third kappa shape index (κ3) is 7.59. The zero-order valence-electron chi connectivity index (χ0n) is 22.4. The summed E-state index contributed by atoms with van der Waals surface area (Å²) in [6, 6.07) is 16.9. The number of ketones is 1. The molecule has 0 aliphatic heterocycles. The molecule has 0 heterocycles. The summed E-state index contributed by atoms with van der Waals surface area (Å²) in [6.45, 7) is 5.66. The molecule has 212 valence electrons. The van der Waals surface area contributed by atoms with Gasteiger partial charge in [0, 0.05) is 17.2 Å². The molecule has 0 saturated carbocycles. The van der Waals surface area contributed by atoms with Gasteiger partial charge in [-0.1, -0.05) is 37.6 Å². The van der Waals surface area contributed by atoms with Gasteiger partial charge in [-0.25, -0.2) is 8.78 Å². The second-order valence-electron chi connectivity index (χ2n) is 9.87. The van der Waals surface area contributed by atoms with Crippen molar-refractivity contribution in [3.05, 3.63) is 121 Å². The Kier molecular flexibility index (Phi) is 9.60. The lowest BCUT2D eigenvalue weighted by Crippen LogP contribution is -2.08. The minimum Gasteiger partial charge on any atom is -0.489 e. The Morgan fingerprint density at radius 3 is 2.12 bits per heavy atom. The van der Waals surface area contributed by atoms with Crippen LogP contribution in [0.2, 0.25) is 0 Å².